The number of nitrogens with zero attached hydrogens (tertiary/aromatic N) is 1. The number of aryl methyl sites for hydroxylation is 2. The number of methoxy groups -OCH3 is 1. The lowest BCUT2D eigenvalue weighted by molar-refractivity contribution is -0.122. The number of rotatable bonds is 6. The van der Waals surface area contributed by atoms with Crippen LogP contribution in [0.25, 0.3) is 0 Å². The molecule has 130 valence electrons. The zero-order valence-electron chi connectivity index (χ0n) is 14.4. The fourth-order valence-electron chi connectivity index (χ4n) is 2.45. The molecule has 0 radical (unpaired) electrons. The molecule has 1 aliphatic heterocycles. The molecular formula is C17H23N3O3S. The van der Waals surface area contributed by atoms with E-state index in [1.807, 2.05) is 39.0 Å². The fourth-order valence-corrected chi connectivity index (χ4v) is 3.52. The van der Waals surface area contributed by atoms with Gasteiger partial charge in [-0.15, -0.1) is 0 Å². The molecule has 0 aliphatic carbocycles. The Morgan fingerprint density at radius 1 is 1.42 bits per heavy atom. The number of aliphatic imine (C=N–C) groups is 1. The maximum absolute atomic E-state index is 12.3. The number of benzene rings is 1. The Hall–Kier alpha value is -1.86. The van der Waals surface area contributed by atoms with Gasteiger partial charge < -0.3 is 15.4 Å². The number of hydrogen-bond acceptors (Lipinski definition) is 5. The Kier molecular flexibility index (Phi) is 6.39. The Morgan fingerprint density at radius 2 is 2.08 bits per heavy atom. The van der Waals surface area contributed by atoms with Crippen molar-refractivity contribution in [2.75, 3.05) is 19.0 Å². The topological polar surface area (TPSA) is 79.8 Å². The standard InChI is InChI=1S/C17H23N3O3S/c1-10-6-5-7-11(2)15(10)19-14(21)8-13-16(22)20-17(24-13)18-12(3)9-23-4/h5-7,12-13H,8-9H2,1-4H3,(H,19,21)(H,18,20,22)/t12-,13-/m0/s1. The molecule has 2 N–H and O–H groups in total. The van der Waals surface area contributed by atoms with Gasteiger partial charge in [0, 0.05) is 19.2 Å². The second kappa shape index (κ2) is 8.30. The second-order valence-corrected chi connectivity index (χ2v) is 7.04. The van der Waals surface area contributed by atoms with Gasteiger partial charge in [-0.2, -0.15) is 0 Å². The summed E-state index contributed by atoms with van der Waals surface area (Å²) in [5.41, 5.74) is 2.82. The van der Waals surface area contributed by atoms with Crippen molar-refractivity contribution in [1.29, 1.82) is 0 Å². The van der Waals surface area contributed by atoms with Crippen LogP contribution in [0.15, 0.2) is 23.2 Å². The van der Waals surface area contributed by atoms with Crippen LogP contribution in [-0.4, -0.2) is 42.0 Å². The first kappa shape index (κ1) is 18.5. The van der Waals surface area contributed by atoms with Crippen LogP contribution in [0.2, 0.25) is 0 Å². The first-order valence-electron chi connectivity index (χ1n) is 7.81. The minimum Gasteiger partial charge on any atom is -0.382 e. The quantitative estimate of drug-likeness (QED) is 0.825. The largest absolute Gasteiger partial charge is 0.382 e. The normalized spacial score (nSPS) is 20.1. The number of hydrogen-bond donors (Lipinski definition) is 2. The number of ether oxygens (including phenoxy) is 1. The van der Waals surface area contributed by atoms with Crippen LogP contribution in [0.1, 0.15) is 24.5 Å². The molecule has 1 saturated heterocycles. The highest BCUT2D eigenvalue weighted by molar-refractivity contribution is 8.15. The highest BCUT2D eigenvalue weighted by Gasteiger charge is 2.32. The predicted octanol–water partition coefficient (Wildman–Crippen LogP) is 2.25. The maximum Gasteiger partial charge on any atom is 0.240 e. The predicted molar refractivity (Wildman–Crippen MR) is 97.5 cm³/mol. The van der Waals surface area contributed by atoms with Gasteiger partial charge in [0.1, 0.15) is 5.25 Å². The van der Waals surface area contributed by atoms with E-state index in [9.17, 15) is 9.59 Å². The van der Waals surface area contributed by atoms with Crippen LogP contribution >= 0.6 is 11.8 Å². The minimum absolute atomic E-state index is 0.0417. The van der Waals surface area contributed by atoms with E-state index >= 15 is 0 Å². The fraction of sp³-hybridized carbons (Fsp3) is 0.471. The summed E-state index contributed by atoms with van der Waals surface area (Å²) < 4.78 is 5.03. The lowest BCUT2D eigenvalue weighted by Gasteiger charge is -2.12. The van der Waals surface area contributed by atoms with Crippen molar-refractivity contribution in [2.45, 2.75) is 38.5 Å². The van der Waals surface area contributed by atoms with Gasteiger partial charge in [-0.3, -0.25) is 14.6 Å². The number of carbonyl (C=O) groups is 2. The first-order chi connectivity index (χ1) is 11.4. The monoisotopic (exact) mass is 349 g/mol. The molecule has 1 fully saturated rings. The van der Waals surface area contributed by atoms with Crippen molar-refractivity contribution in [1.82, 2.24) is 5.32 Å². The van der Waals surface area contributed by atoms with Gasteiger partial charge in [-0.1, -0.05) is 30.0 Å². The molecule has 6 nitrogen and oxygen atoms in total. The number of carbonyl (C=O) groups excluding carboxylic acids is 2. The van der Waals surface area contributed by atoms with Gasteiger partial charge >= 0.3 is 0 Å². The Morgan fingerprint density at radius 3 is 2.71 bits per heavy atom. The molecule has 0 unspecified atom stereocenters. The Bertz CT molecular complexity index is 640. The number of para-hydroxylation sites is 1. The molecular weight excluding hydrogens is 326 g/mol. The zero-order valence-corrected chi connectivity index (χ0v) is 15.2. The van der Waals surface area contributed by atoms with E-state index in [-0.39, 0.29) is 24.3 Å². The molecule has 2 rings (SSSR count). The van der Waals surface area contributed by atoms with Gasteiger partial charge in [0.05, 0.1) is 12.6 Å². The van der Waals surface area contributed by atoms with E-state index in [1.54, 1.807) is 7.11 Å². The van der Waals surface area contributed by atoms with E-state index < -0.39 is 5.25 Å². The van der Waals surface area contributed by atoms with E-state index in [2.05, 4.69) is 15.6 Å². The average molecular weight is 349 g/mol. The van der Waals surface area contributed by atoms with Gasteiger partial charge in [-0.25, -0.2) is 0 Å². The third kappa shape index (κ3) is 4.82. The Labute approximate surface area is 146 Å². The van der Waals surface area contributed by atoms with Crippen LogP contribution < -0.4 is 10.6 Å². The molecule has 2 atom stereocenters. The molecule has 0 bridgehead atoms. The van der Waals surface area contributed by atoms with Crippen LogP contribution in [0, 0.1) is 13.8 Å². The van der Waals surface area contributed by atoms with Crippen molar-refractivity contribution in [3.05, 3.63) is 29.3 Å². The molecule has 2 amide bonds. The summed E-state index contributed by atoms with van der Waals surface area (Å²) in [5.74, 6) is -0.355. The van der Waals surface area contributed by atoms with E-state index in [0.29, 0.717) is 11.8 Å². The van der Waals surface area contributed by atoms with E-state index in [0.717, 1.165) is 16.8 Å². The molecule has 1 aromatic rings. The number of nitrogens with one attached hydrogen (secondary N) is 2. The molecule has 7 heteroatoms. The van der Waals surface area contributed by atoms with Crippen LogP contribution in [0.3, 0.4) is 0 Å². The maximum atomic E-state index is 12.3. The summed E-state index contributed by atoms with van der Waals surface area (Å²) in [5, 5.41) is 5.73. The number of thioether (sulfide) groups is 1. The SMILES string of the molecule is COC[C@H](C)N=C1NC(=O)[C@H](CC(=O)Nc2c(C)cccc2C)S1. The minimum atomic E-state index is -0.456. The van der Waals surface area contributed by atoms with Crippen molar-refractivity contribution in [3.63, 3.8) is 0 Å². The Balaban J connectivity index is 1.96. The lowest BCUT2D eigenvalue weighted by atomic mass is 10.1. The van der Waals surface area contributed by atoms with Crippen molar-refractivity contribution in [2.24, 2.45) is 4.99 Å². The summed E-state index contributed by atoms with van der Waals surface area (Å²) in [4.78, 5) is 28.7. The number of amidine groups is 1. The number of anilines is 1. The van der Waals surface area contributed by atoms with Crippen molar-refractivity contribution >= 4 is 34.4 Å². The van der Waals surface area contributed by atoms with E-state index in [1.165, 1.54) is 11.8 Å². The van der Waals surface area contributed by atoms with Crippen LogP contribution in [-0.2, 0) is 14.3 Å². The lowest BCUT2D eigenvalue weighted by Crippen LogP contribution is -2.28. The second-order valence-electron chi connectivity index (χ2n) is 5.85. The third-order valence-corrected chi connectivity index (χ3v) is 4.73. The van der Waals surface area contributed by atoms with Crippen molar-refractivity contribution in [3.8, 4) is 0 Å². The zero-order chi connectivity index (χ0) is 17.7. The summed E-state index contributed by atoms with van der Waals surface area (Å²) in [6.45, 7) is 6.28. The van der Waals surface area contributed by atoms with E-state index in [4.69, 9.17) is 4.74 Å². The molecule has 0 saturated carbocycles. The number of amides is 2. The molecule has 1 aliphatic rings. The smallest absolute Gasteiger partial charge is 0.240 e. The van der Waals surface area contributed by atoms with Crippen LogP contribution in [0.4, 0.5) is 5.69 Å². The highest BCUT2D eigenvalue weighted by atomic mass is 32.2. The summed E-state index contributed by atoms with van der Waals surface area (Å²) in [6, 6.07) is 5.80. The van der Waals surface area contributed by atoms with Gasteiger partial charge in [0.2, 0.25) is 11.8 Å². The van der Waals surface area contributed by atoms with Gasteiger partial charge in [0.25, 0.3) is 0 Å². The van der Waals surface area contributed by atoms with Crippen molar-refractivity contribution < 1.29 is 14.3 Å². The molecule has 1 heterocycles. The first-order valence-corrected chi connectivity index (χ1v) is 8.69. The van der Waals surface area contributed by atoms with Gasteiger partial charge in [-0.05, 0) is 31.9 Å². The highest BCUT2D eigenvalue weighted by Crippen LogP contribution is 2.25. The molecule has 0 aromatic heterocycles. The summed E-state index contributed by atoms with van der Waals surface area (Å²) >= 11 is 1.29. The molecule has 0 spiro atoms. The molecule has 1 aromatic carbocycles. The van der Waals surface area contributed by atoms with Gasteiger partial charge in [0.15, 0.2) is 5.17 Å². The summed E-state index contributed by atoms with van der Waals surface area (Å²) in [7, 11) is 1.61. The average Bonchev–Trinajstić information content (AvgIpc) is 2.83. The third-order valence-electron chi connectivity index (χ3n) is 3.64. The van der Waals surface area contributed by atoms with Crippen LogP contribution in [0.5, 0.6) is 0 Å². The summed E-state index contributed by atoms with van der Waals surface area (Å²) in [6.07, 6.45) is 0.113. The molecule has 24 heavy (non-hydrogen) atoms.